The molecule has 0 aliphatic carbocycles. The second-order valence-electron chi connectivity index (χ2n) is 5.28. The summed E-state index contributed by atoms with van der Waals surface area (Å²) >= 11 is 0. The lowest BCUT2D eigenvalue weighted by atomic mass is 10.1. The van der Waals surface area contributed by atoms with Gasteiger partial charge in [-0.1, -0.05) is 6.42 Å². The second-order valence-corrected chi connectivity index (χ2v) is 5.28. The minimum Gasteiger partial charge on any atom is -0.327 e. The summed E-state index contributed by atoms with van der Waals surface area (Å²) in [4.78, 5) is 5.23. The van der Waals surface area contributed by atoms with E-state index in [1.165, 1.54) is 51.9 Å². The van der Waals surface area contributed by atoms with Gasteiger partial charge in [-0.15, -0.1) is 0 Å². The number of hydrogen-bond donors (Lipinski definition) is 1. The average molecular weight is 211 g/mol. The molecule has 3 heteroatoms. The van der Waals surface area contributed by atoms with Crippen LogP contribution in [0.4, 0.5) is 0 Å². The van der Waals surface area contributed by atoms with Gasteiger partial charge < -0.3 is 10.6 Å². The van der Waals surface area contributed by atoms with Crippen molar-refractivity contribution in [3.63, 3.8) is 0 Å². The first kappa shape index (κ1) is 11.4. The summed E-state index contributed by atoms with van der Waals surface area (Å²) in [6, 6.07) is 1.15. The van der Waals surface area contributed by atoms with E-state index in [1.807, 2.05) is 0 Å². The van der Waals surface area contributed by atoms with Gasteiger partial charge in [-0.25, -0.2) is 0 Å². The third-order valence-corrected chi connectivity index (χ3v) is 3.70. The van der Waals surface area contributed by atoms with Gasteiger partial charge in [-0.3, -0.25) is 4.90 Å². The van der Waals surface area contributed by atoms with Gasteiger partial charge in [0.2, 0.25) is 0 Å². The molecule has 15 heavy (non-hydrogen) atoms. The zero-order chi connectivity index (χ0) is 10.7. The highest BCUT2D eigenvalue weighted by molar-refractivity contribution is 4.85. The van der Waals surface area contributed by atoms with Crippen molar-refractivity contribution in [3.05, 3.63) is 0 Å². The standard InChI is InChI=1S/C12H25N3/c1-11(13)9-14-8-5-12(10-14)15-6-3-2-4-7-15/h11-12H,2-10,13H2,1H3/t11-,12?/m1/s1. The van der Waals surface area contributed by atoms with Crippen LogP contribution in [0.15, 0.2) is 0 Å². The van der Waals surface area contributed by atoms with Crippen molar-refractivity contribution in [2.75, 3.05) is 32.7 Å². The van der Waals surface area contributed by atoms with E-state index in [0.717, 1.165) is 12.6 Å². The first-order valence-corrected chi connectivity index (χ1v) is 6.47. The Morgan fingerprint density at radius 2 is 1.93 bits per heavy atom. The molecule has 0 aromatic carbocycles. The van der Waals surface area contributed by atoms with Crippen molar-refractivity contribution in [2.45, 2.75) is 44.7 Å². The Balaban J connectivity index is 1.76. The zero-order valence-corrected chi connectivity index (χ0v) is 9.99. The van der Waals surface area contributed by atoms with Crippen LogP contribution in [0, 0.1) is 0 Å². The Morgan fingerprint density at radius 1 is 1.20 bits per heavy atom. The molecule has 3 nitrogen and oxygen atoms in total. The van der Waals surface area contributed by atoms with Crippen LogP contribution >= 0.6 is 0 Å². The summed E-state index contributed by atoms with van der Waals surface area (Å²) in [6.45, 7) is 8.34. The van der Waals surface area contributed by atoms with E-state index < -0.39 is 0 Å². The first-order valence-electron chi connectivity index (χ1n) is 6.47. The highest BCUT2D eigenvalue weighted by Crippen LogP contribution is 2.19. The van der Waals surface area contributed by atoms with Crippen LogP contribution in [0.25, 0.3) is 0 Å². The molecule has 2 fully saturated rings. The van der Waals surface area contributed by atoms with Crippen molar-refractivity contribution in [3.8, 4) is 0 Å². The van der Waals surface area contributed by atoms with Crippen LogP contribution in [0.3, 0.4) is 0 Å². The maximum atomic E-state index is 5.84. The van der Waals surface area contributed by atoms with Crippen LogP contribution in [0.1, 0.15) is 32.6 Å². The second kappa shape index (κ2) is 5.28. The Morgan fingerprint density at radius 3 is 2.60 bits per heavy atom. The quantitative estimate of drug-likeness (QED) is 0.752. The van der Waals surface area contributed by atoms with E-state index in [9.17, 15) is 0 Å². The van der Waals surface area contributed by atoms with E-state index in [4.69, 9.17) is 5.73 Å². The van der Waals surface area contributed by atoms with E-state index in [1.54, 1.807) is 0 Å². The summed E-state index contributed by atoms with van der Waals surface area (Å²) in [7, 11) is 0. The lowest BCUT2D eigenvalue weighted by molar-refractivity contribution is 0.161. The van der Waals surface area contributed by atoms with Gasteiger partial charge in [0.1, 0.15) is 0 Å². The Kier molecular flexibility index (Phi) is 4.00. The van der Waals surface area contributed by atoms with Gasteiger partial charge in [0.05, 0.1) is 0 Å². The summed E-state index contributed by atoms with van der Waals surface area (Å²) in [6.07, 6.45) is 5.60. The third kappa shape index (κ3) is 3.16. The molecule has 0 saturated carbocycles. The largest absolute Gasteiger partial charge is 0.327 e. The predicted molar refractivity (Wildman–Crippen MR) is 63.9 cm³/mol. The molecule has 2 aliphatic rings. The molecular weight excluding hydrogens is 186 g/mol. The molecule has 0 spiro atoms. The SMILES string of the molecule is C[C@@H](N)CN1CCC(N2CCCCC2)C1. The highest BCUT2D eigenvalue weighted by atomic mass is 15.3. The molecule has 0 radical (unpaired) electrons. The number of likely N-dealkylation sites (tertiary alicyclic amines) is 2. The molecule has 2 rings (SSSR count). The van der Waals surface area contributed by atoms with Gasteiger partial charge in [-0.2, -0.15) is 0 Å². The summed E-state index contributed by atoms with van der Waals surface area (Å²) in [5.41, 5.74) is 5.84. The lowest BCUT2D eigenvalue weighted by Gasteiger charge is -2.32. The molecule has 2 saturated heterocycles. The van der Waals surface area contributed by atoms with Gasteiger partial charge >= 0.3 is 0 Å². The predicted octanol–water partition coefficient (Wildman–Crippen LogP) is 0.894. The van der Waals surface area contributed by atoms with E-state index in [0.29, 0.717) is 6.04 Å². The van der Waals surface area contributed by atoms with Crippen LogP contribution in [-0.4, -0.2) is 54.6 Å². The molecule has 2 N–H and O–H groups in total. The van der Waals surface area contributed by atoms with Gasteiger partial charge in [0, 0.05) is 25.2 Å². The normalized spacial score (nSPS) is 32.0. The number of piperidine rings is 1. The molecule has 2 aliphatic heterocycles. The van der Waals surface area contributed by atoms with Crippen LogP contribution < -0.4 is 5.73 Å². The fraction of sp³-hybridized carbons (Fsp3) is 1.00. The van der Waals surface area contributed by atoms with Crippen molar-refractivity contribution < 1.29 is 0 Å². The van der Waals surface area contributed by atoms with Crippen LogP contribution in [-0.2, 0) is 0 Å². The maximum absolute atomic E-state index is 5.84. The molecule has 2 atom stereocenters. The molecule has 88 valence electrons. The van der Waals surface area contributed by atoms with Crippen LogP contribution in [0.5, 0.6) is 0 Å². The van der Waals surface area contributed by atoms with Gasteiger partial charge in [0.25, 0.3) is 0 Å². The number of nitrogens with zero attached hydrogens (tertiary/aromatic N) is 2. The maximum Gasteiger partial charge on any atom is 0.0235 e. The molecule has 1 unspecified atom stereocenters. The minimum absolute atomic E-state index is 0.324. The summed E-state index contributed by atoms with van der Waals surface area (Å²) in [5, 5.41) is 0. The molecule has 0 bridgehead atoms. The molecule has 2 heterocycles. The molecular formula is C12H25N3. The molecule has 0 amide bonds. The first-order chi connectivity index (χ1) is 7.25. The smallest absolute Gasteiger partial charge is 0.0235 e. The Labute approximate surface area is 93.6 Å². The topological polar surface area (TPSA) is 32.5 Å². The number of nitrogens with two attached hydrogens (primary N) is 1. The summed E-state index contributed by atoms with van der Waals surface area (Å²) < 4.78 is 0. The van der Waals surface area contributed by atoms with Crippen molar-refractivity contribution in [2.24, 2.45) is 5.73 Å². The monoisotopic (exact) mass is 211 g/mol. The van der Waals surface area contributed by atoms with Gasteiger partial charge in [0.15, 0.2) is 0 Å². The zero-order valence-electron chi connectivity index (χ0n) is 9.99. The Bertz CT molecular complexity index is 187. The highest BCUT2D eigenvalue weighted by Gasteiger charge is 2.28. The summed E-state index contributed by atoms with van der Waals surface area (Å²) in [5.74, 6) is 0. The van der Waals surface area contributed by atoms with Crippen molar-refractivity contribution in [1.82, 2.24) is 9.80 Å². The lowest BCUT2D eigenvalue weighted by Crippen LogP contribution is -2.42. The van der Waals surface area contributed by atoms with Gasteiger partial charge in [-0.05, 0) is 45.8 Å². The number of rotatable bonds is 3. The average Bonchev–Trinajstić information content (AvgIpc) is 2.67. The van der Waals surface area contributed by atoms with E-state index in [2.05, 4.69) is 16.7 Å². The third-order valence-electron chi connectivity index (χ3n) is 3.70. The van der Waals surface area contributed by atoms with Crippen molar-refractivity contribution in [1.29, 1.82) is 0 Å². The Hall–Kier alpha value is -0.120. The molecule has 0 aromatic rings. The number of hydrogen-bond acceptors (Lipinski definition) is 3. The fourth-order valence-electron chi connectivity index (χ4n) is 2.97. The van der Waals surface area contributed by atoms with E-state index >= 15 is 0 Å². The van der Waals surface area contributed by atoms with Crippen LogP contribution in [0.2, 0.25) is 0 Å². The minimum atomic E-state index is 0.324. The fourth-order valence-corrected chi connectivity index (χ4v) is 2.97. The van der Waals surface area contributed by atoms with Crippen molar-refractivity contribution >= 4 is 0 Å². The van der Waals surface area contributed by atoms with E-state index in [-0.39, 0.29) is 0 Å². The molecule has 0 aromatic heterocycles.